The fourth-order valence-electron chi connectivity index (χ4n) is 4.30. The van der Waals surface area contributed by atoms with Gasteiger partial charge in [-0.1, -0.05) is 49.8 Å². The number of benzene rings is 2. The Morgan fingerprint density at radius 1 is 1.03 bits per heavy atom. The largest absolute Gasteiger partial charge is 0.381 e. The summed E-state index contributed by atoms with van der Waals surface area (Å²) in [5.74, 6) is -0.829. The molecule has 3 heterocycles. The number of carbonyl (C=O) groups excluding carboxylic acids is 1. The zero-order chi connectivity index (χ0) is 27.5. The number of hydrogen-bond donors (Lipinski definition) is 2. The van der Waals surface area contributed by atoms with Gasteiger partial charge in [-0.25, -0.2) is 9.50 Å². The van der Waals surface area contributed by atoms with Crippen molar-refractivity contribution >= 4 is 38.4 Å². The molecule has 1 amide bonds. The number of nitrogens with one attached hydrogen (secondary N) is 1. The lowest BCUT2D eigenvalue weighted by Crippen LogP contribution is -2.32. The predicted octanol–water partition coefficient (Wildman–Crippen LogP) is 5.76. The highest BCUT2D eigenvalue weighted by Crippen LogP contribution is 3.02. The fourth-order valence-corrected chi connectivity index (χ4v) is 5.22. The van der Waals surface area contributed by atoms with Crippen LogP contribution in [0.3, 0.4) is 0 Å². The van der Waals surface area contributed by atoms with Crippen molar-refractivity contribution in [3.8, 4) is 5.69 Å². The molecule has 38 heavy (non-hydrogen) atoms. The first kappa shape index (κ1) is 25.2. The van der Waals surface area contributed by atoms with Gasteiger partial charge in [0.15, 0.2) is 11.5 Å². The Balaban J connectivity index is 1.71. The second-order valence-electron chi connectivity index (χ2n) is 8.58. The first-order valence-electron chi connectivity index (χ1n) is 11.0. The number of aromatic nitrogens is 4. The molecule has 14 heteroatoms. The van der Waals surface area contributed by atoms with Gasteiger partial charge in [0.2, 0.25) is 0 Å². The minimum Gasteiger partial charge on any atom is -0.381 e. The van der Waals surface area contributed by atoms with Crippen LogP contribution in [0.15, 0.2) is 82.7 Å². The summed E-state index contributed by atoms with van der Waals surface area (Å²) >= 11 is 0. The van der Waals surface area contributed by atoms with Crippen molar-refractivity contribution in [2.45, 2.75) is 17.9 Å². The zero-order valence-corrected chi connectivity index (χ0v) is 20.3. The molecule has 0 aliphatic rings. The molecule has 3 aromatic heterocycles. The number of pyridine rings is 1. The van der Waals surface area contributed by atoms with Crippen molar-refractivity contribution in [1.82, 2.24) is 24.5 Å². The third-order valence-electron chi connectivity index (χ3n) is 5.91. The van der Waals surface area contributed by atoms with Crippen LogP contribution in [0, 0.1) is 0 Å². The molecule has 0 aliphatic heterocycles. The van der Waals surface area contributed by atoms with Crippen LogP contribution in [-0.2, 0) is 0 Å². The molecule has 1 atom stereocenters. The summed E-state index contributed by atoms with van der Waals surface area (Å²) in [5.41, 5.74) is 4.87. The number of carbonyl (C=O) groups is 1. The number of halogens is 5. The number of rotatable bonds is 5. The molecule has 3 N–H and O–H groups in total. The van der Waals surface area contributed by atoms with Gasteiger partial charge in [0.25, 0.3) is 11.5 Å². The van der Waals surface area contributed by atoms with E-state index >= 15 is 0 Å². The van der Waals surface area contributed by atoms with Crippen LogP contribution in [-0.4, -0.2) is 25.1 Å². The number of para-hydroxylation sites is 1. The van der Waals surface area contributed by atoms with Crippen molar-refractivity contribution in [3.63, 3.8) is 0 Å². The molecule has 0 unspecified atom stereocenters. The topological polar surface area (TPSA) is 107 Å². The molecule has 0 saturated carbocycles. The molecule has 0 saturated heterocycles. The lowest BCUT2D eigenvalue weighted by atomic mass is 10.1. The average molecular weight is 551 g/mol. The van der Waals surface area contributed by atoms with Crippen molar-refractivity contribution < 1.29 is 24.2 Å². The minimum atomic E-state index is -10.2. The Morgan fingerprint density at radius 2 is 1.74 bits per heavy atom. The van der Waals surface area contributed by atoms with Crippen molar-refractivity contribution in [2.24, 2.45) is 0 Å². The van der Waals surface area contributed by atoms with Crippen LogP contribution >= 0.6 is 10.2 Å². The van der Waals surface area contributed by atoms with E-state index in [0.29, 0.717) is 0 Å². The van der Waals surface area contributed by atoms with Crippen LogP contribution in [0.1, 0.15) is 29.0 Å². The monoisotopic (exact) mass is 550 g/mol. The summed E-state index contributed by atoms with van der Waals surface area (Å²) in [6, 6.07) is 11.4. The van der Waals surface area contributed by atoms with Crippen LogP contribution in [0.5, 0.6) is 0 Å². The Kier molecular flexibility index (Phi) is 5.15. The Labute approximate surface area is 211 Å². The number of nitrogen functional groups attached to an aromatic ring is 1. The van der Waals surface area contributed by atoms with Crippen LogP contribution < -0.4 is 16.6 Å². The van der Waals surface area contributed by atoms with E-state index in [0.717, 1.165) is 16.7 Å². The molecule has 5 aromatic rings. The smallest absolute Gasteiger partial charge is 0.311 e. The lowest BCUT2D eigenvalue weighted by Gasteiger charge is -2.41. The van der Waals surface area contributed by atoms with Gasteiger partial charge in [-0.15, -0.1) is 5.10 Å². The predicted molar refractivity (Wildman–Crippen MR) is 134 cm³/mol. The van der Waals surface area contributed by atoms with Gasteiger partial charge in [-0.3, -0.25) is 14.2 Å². The molecule has 5 rings (SSSR count). The molecular formula is C24H19F5N6O2S. The molecule has 0 radical (unpaired) electrons. The SMILES string of the molecule is C[C@H](NC(=O)c1c(N)nn2cccnc12)c1cc2cccc(S(F)(F)(F)(F)F)c2c(=O)n1-c1ccccc1. The van der Waals surface area contributed by atoms with Gasteiger partial charge in [0.1, 0.15) is 10.5 Å². The zero-order valence-electron chi connectivity index (χ0n) is 19.5. The molecule has 0 fully saturated rings. The average Bonchev–Trinajstić information content (AvgIpc) is 3.18. The van der Waals surface area contributed by atoms with Gasteiger partial charge in [0.05, 0.1) is 11.4 Å². The maximum Gasteiger partial charge on any atom is 0.311 e. The van der Waals surface area contributed by atoms with Gasteiger partial charge < -0.3 is 11.1 Å². The van der Waals surface area contributed by atoms with Crippen LogP contribution in [0.2, 0.25) is 0 Å². The first-order chi connectivity index (χ1) is 17.7. The maximum absolute atomic E-state index is 13.9. The highest BCUT2D eigenvalue weighted by atomic mass is 32.5. The van der Waals surface area contributed by atoms with Gasteiger partial charge in [-0.05, 0) is 42.6 Å². The third kappa shape index (κ3) is 4.32. The van der Waals surface area contributed by atoms with Crippen LogP contribution in [0.25, 0.3) is 22.1 Å². The summed E-state index contributed by atoms with van der Waals surface area (Å²) in [7, 11) is -10.2. The molecule has 0 spiro atoms. The Morgan fingerprint density at radius 3 is 2.42 bits per heavy atom. The number of nitrogens with zero attached hydrogens (tertiary/aromatic N) is 4. The van der Waals surface area contributed by atoms with Gasteiger partial charge in [0, 0.05) is 23.8 Å². The van der Waals surface area contributed by atoms with Crippen molar-refractivity contribution in [1.29, 1.82) is 0 Å². The number of fused-ring (bicyclic) bond motifs is 2. The Hall–Kier alpha value is -4.46. The molecule has 198 valence electrons. The highest BCUT2D eigenvalue weighted by Gasteiger charge is 2.66. The van der Waals surface area contributed by atoms with Crippen molar-refractivity contribution in [2.75, 3.05) is 5.73 Å². The minimum absolute atomic E-state index is 0.0457. The second kappa shape index (κ2) is 7.77. The first-order valence-corrected chi connectivity index (χ1v) is 13.0. The molecule has 0 aliphatic carbocycles. The second-order valence-corrected chi connectivity index (χ2v) is 11.0. The summed E-state index contributed by atoms with van der Waals surface area (Å²) in [4.78, 5) is 28.5. The number of amides is 1. The Bertz CT molecular complexity index is 1800. The summed E-state index contributed by atoms with van der Waals surface area (Å²) in [5, 5.41) is 5.15. The van der Waals surface area contributed by atoms with E-state index in [1.54, 1.807) is 12.1 Å². The summed E-state index contributed by atoms with van der Waals surface area (Å²) in [6.45, 7) is 1.49. The van der Waals surface area contributed by atoms with E-state index in [2.05, 4.69) is 15.4 Å². The fraction of sp³-hybridized carbons (Fsp3) is 0.0833. The van der Waals surface area contributed by atoms with E-state index in [9.17, 15) is 29.0 Å². The third-order valence-corrected chi connectivity index (χ3v) is 7.08. The van der Waals surface area contributed by atoms with Crippen LogP contribution in [0.4, 0.5) is 25.2 Å². The number of anilines is 1. The molecule has 0 bridgehead atoms. The quantitative estimate of drug-likeness (QED) is 0.271. The molecule has 8 nitrogen and oxygen atoms in total. The number of nitrogens with two attached hydrogens (primary N) is 1. The van der Waals surface area contributed by atoms with E-state index in [1.165, 1.54) is 54.2 Å². The number of hydrogen-bond acceptors (Lipinski definition) is 5. The van der Waals surface area contributed by atoms with E-state index in [-0.39, 0.29) is 39.9 Å². The van der Waals surface area contributed by atoms with Crippen molar-refractivity contribution in [3.05, 3.63) is 94.7 Å². The highest BCUT2D eigenvalue weighted by molar-refractivity contribution is 8.46. The van der Waals surface area contributed by atoms with E-state index < -0.39 is 38.0 Å². The summed E-state index contributed by atoms with van der Waals surface area (Å²) < 4.78 is 71.7. The normalized spacial score (nSPS) is 14.7. The van der Waals surface area contributed by atoms with E-state index in [1.807, 2.05) is 0 Å². The van der Waals surface area contributed by atoms with Gasteiger partial charge in [-0.2, -0.15) is 0 Å². The lowest BCUT2D eigenvalue weighted by molar-refractivity contribution is 0.0941. The van der Waals surface area contributed by atoms with Gasteiger partial charge >= 0.3 is 10.2 Å². The van der Waals surface area contributed by atoms with E-state index in [4.69, 9.17) is 5.73 Å². The maximum atomic E-state index is 13.9. The molecular weight excluding hydrogens is 531 g/mol. The molecule has 2 aromatic carbocycles. The summed E-state index contributed by atoms with van der Waals surface area (Å²) in [6.07, 6.45) is 2.97. The standard InChI is InChI=1S/C24H19F5N6O2S/c1-14(32-23(36)20-21(30)33-34-12-6-11-31-22(20)34)17-13-15-7-5-10-18(38(25,26,27,28)29)19(15)24(37)35(17)16-8-3-2-4-9-16/h2-14H,1H3,(H2,30,33)(H,32,36)/t14-/m0/s1.